The van der Waals surface area contributed by atoms with Crippen LogP contribution in [0.2, 0.25) is 0 Å². The van der Waals surface area contributed by atoms with Crippen LogP contribution in [-0.2, 0) is 9.53 Å². The number of nitrogens with two attached hydrogens (primary N) is 2. The summed E-state index contributed by atoms with van der Waals surface area (Å²) in [5, 5.41) is 3.62. The van der Waals surface area contributed by atoms with Crippen LogP contribution in [0.15, 0.2) is 60.8 Å². The van der Waals surface area contributed by atoms with Gasteiger partial charge in [-0.2, -0.15) is 4.37 Å². The van der Waals surface area contributed by atoms with Gasteiger partial charge in [-0.1, -0.05) is 12.1 Å². The van der Waals surface area contributed by atoms with Crippen molar-refractivity contribution in [1.29, 1.82) is 0 Å². The number of ether oxygens (including phenoxy) is 2. The van der Waals surface area contributed by atoms with Crippen molar-refractivity contribution in [3.63, 3.8) is 0 Å². The van der Waals surface area contributed by atoms with Crippen LogP contribution < -0.4 is 26.4 Å². The summed E-state index contributed by atoms with van der Waals surface area (Å²) in [7, 11) is 3.05. The second kappa shape index (κ2) is 11.7. The predicted octanol–water partition coefficient (Wildman–Crippen LogP) is 2.53. The van der Waals surface area contributed by atoms with Crippen LogP contribution in [0.3, 0.4) is 0 Å². The summed E-state index contributed by atoms with van der Waals surface area (Å²) in [5.74, 6) is -1.37. The van der Waals surface area contributed by atoms with Gasteiger partial charge in [0, 0.05) is 30.9 Å². The van der Waals surface area contributed by atoms with Crippen LogP contribution in [-0.4, -0.2) is 54.5 Å². The molecule has 0 radical (unpaired) electrons. The smallest absolute Gasteiger partial charge is 0.273 e. The first-order valence-corrected chi connectivity index (χ1v) is 12.3. The molecule has 1 atom stereocenters. The zero-order valence-electron chi connectivity index (χ0n) is 20.7. The molecule has 38 heavy (non-hydrogen) atoms. The average molecular weight is 535 g/mol. The van der Waals surface area contributed by atoms with Crippen molar-refractivity contribution in [3.8, 4) is 5.75 Å². The number of pyridine rings is 1. The maximum absolute atomic E-state index is 14.1. The molecule has 4 aromatic rings. The molecule has 11 nitrogen and oxygen atoms in total. The number of aromatic nitrogens is 2. The number of nitrogens with one attached hydrogen (secondary N) is 1. The van der Waals surface area contributed by atoms with Crippen molar-refractivity contribution in [3.05, 3.63) is 76.9 Å². The van der Waals surface area contributed by atoms with Crippen molar-refractivity contribution in [2.75, 3.05) is 38.0 Å². The van der Waals surface area contributed by atoms with E-state index in [-0.39, 0.29) is 29.4 Å². The molecule has 3 amide bonds. The van der Waals surface area contributed by atoms with E-state index in [0.29, 0.717) is 17.0 Å². The number of carbonyl (C=O) groups is 3. The number of hydrogen-bond acceptors (Lipinski definition) is 9. The van der Waals surface area contributed by atoms with E-state index in [1.807, 2.05) is 6.07 Å². The van der Waals surface area contributed by atoms with Crippen LogP contribution in [0.25, 0.3) is 10.9 Å². The third-order valence-corrected chi connectivity index (χ3v) is 6.63. The largest absolute Gasteiger partial charge is 0.497 e. The third kappa shape index (κ3) is 5.41. The molecule has 196 valence electrons. The van der Waals surface area contributed by atoms with Gasteiger partial charge in [0.25, 0.3) is 11.8 Å². The fourth-order valence-electron chi connectivity index (χ4n) is 3.92. The van der Waals surface area contributed by atoms with Gasteiger partial charge in [-0.25, -0.2) is 0 Å². The van der Waals surface area contributed by atoms with Crippen molar-refractivity contribution in [2.24, 2.45) is 5.73 Å². The molecule has 0 spiro atoms. The Morgan fingerprint density at radius 2 is 1.87 bits per heavy atom. The van der Waals surface area contributed by atoms with E-state index in [1.54, 1.807) is 54.7 Å². The molecule has 0 unspecified atom stereocenters. The number of methoxy groups -OCH3 is 2. The topological polar surface area (TPSA) is 163 Å². The first-order chi connectivity index (χ1) is 18.3. The fraction of sp³-hybridized carbons (Fsp3) is 0.192. The van der Waals surface area contributed by atoms with Crippen LogP contribution in [0.4, 0.5) is 11.4 Å². The minimum atomic E-state index is -1.13. The van der Waals surface area contributed by atoms with E-state index < -0.39 is 23.8 Å². The Kier molecular flexibility index (Phi) is 8.14. The van der Waals surface area contributed by atoms with Gasteiger partial charge < -0.3 is 26.3 Å². The van der Waals surface area contributed by atoms with Crippen molar-refractivity contribution >= 4 is 51.5 Å². The lowest BCUT2D eigenvalue weighted by molar-refractivity contribution is -0.122. The lowest BCUT2D eigenvalue weighted by Crippen LogP contribution is -2.44. The first-order valence-electron chi connectivity index (χ1n) is 11.5. The molecule has 4 rings (SSSR count). The number of rotatable bonds is 10. The first kappa shape index (κ1) is 26.5. The van der Waals surface area contributed by atoms with Crippen LogP contribution >= 0.6 is 11.5 Å². The molecule has 2 heterocycles. The number of carbonyl (C=O) groups excluding carboxylic acids is 3. The molecule has 2 aromatic heterocycles. The Bertz CT molecular complexity index is 1470. The van der Waals surface area contributed by atoms with Gasteiger partial charge in [-0.05, 0) is 59.6 Å². The van der Waals surface area contributed by atoms with E-state index in [1.165, 1.54) is 19.1 Å². The van der Waals surface area contributed by atoms with Gasteiger partial charge in [0.1, 0.15) is 16.7 Å². The maximum atomic E-state index is 14.1. The van der Waals surface area contributed by atoms with Crippen molar-refractivity contribution < 1.29 is 23.9 Å². The summed E-state index contributed by atoms with van der Waals surface area (Å²) in [6, 6.07) is 14.5. The normalized spacial score (nSPS) is 11.6. The summed E-state index contributed by atoms with van der Waals surface area (Å²) in [6.45, 7) is 0.500. The quantitative estimate of drug-likeness (QED) is 0.261. The minimum absolute atomic E-state index is 0.0215. The highest BCUT2D eigenvalue weighted by Crippen LogP contribution is 2.34. The molecule has 5 N–H and O–H groups in total. The molecule has 0 saturated carbocycles. The van der Waals surface area contributed by atoms with Crippen LogP contribution in [0, 0.1) is 0 Å². The molecule has 0 aliphatic rings. The number of hydrogen-bond donors (Lipinski definition) is 3. The van der Waals surface area contributed by atoms with E-state index in [0.717, 1.165) is 22.4 Å². The SMILES string of the molecule is COCCNC(=O)[C@@H](c1ccc2ncccc2c1)N(C(=O)c1snc(C(N)=O)c1N)c1ccc(OC)cc1. The van der Waals surface area contributed by atoms with Gasteiger partial charge >= 0.3 is 0 Å². The van der Waals surface area contributed by atoms with Gasteiger partial charge in [-0.15, -0.1) is 0 Å². The third-order valence-electron chi connectivity index (χ3n) is 5.78. The highest BCUT2D eigenvalue weighted by atomic mass is 32.1. The van der Waals surface area contributed by atoms with Crippen molar-refractivity contribution in [1.82, 2.24) is 14.7 Å². The van der Waals surface area contributed by atoms with E-state index >= 15 is 0 Å². The van der Waals surface area contributed by atoms with Gasteiger partial charge in [0.05, 0.1) is 24.9 Å². The molecule has 2 aromatic carbocycles. The number of primary amides is 1. The van der Waals surface area contributed by atoms with Crippen LogP contribution in [0.1, 0.15) is 31.8 Å². The molecule has 0 fully saturated rings. The monoisotopic (exact) mass is 534 g/mol. The molecular weight excluding hydrogens is 508 g/mol. The summed E-state index contributed by atoms with van der Waals surface area (Å²) < 4.78 is 14.3. The van der Waals surface area contributed by atoms with Gasteiger partial charge in [0.15, 0.2) is 5.69 Å². The standard InChI is InChI=1S/C26H26N6O5S/c1-36-13-12-30-25(34)22(16-5-10-19-15(14-16)4-3-11-29-19)32(17-6-8-18(37-2)9-7-17)26(35)23-20(27)21(24(28)33)31-38-23/h3-11,14,22H,12-13,27H2,1-2H3,(H2,28,33)(H,30,34)/t22-/m1/s1. The average Bonchev–Trinajstić information content (AvgIpc) is 3.32. The zero-order valence-corrected chi connectivity index (χ0v) is 21.5. The highest BCUT2D eigenvalue weighted by Gasteiger charge is 2.36. The molecule has 0 saturated heterocycles. The van der Waals surface area contributed by atoms with Gasteiger partial charge in [-0.3, -0.25) is 24.3 Å². The lowest BCUT2D eigenvalue weighted by Gasteiger charge is -2.31. The number of nitrogens with zero attached hydrogens (tertiary/aromatic N) is 3. The van der Waals surface area contributed by atoms with E-state index in [9.17, 15) is 14.4 Å². The zero-order chi connectivity index (χ0) is 27.2. The van der Waals surface area contributed by atoms with E-state index in [2.05, 4.69) is 14.7 Å². The number of nitrogen functional groups attached to an aromatic ring is 1. The Balaban J connectivity index is 1.89. The predicted molar refractivity (Wildman–Crippen MR) is 144 cm³/mol. The number of amides is 3. The minimum Gasteiger partial charge on any atom is -0.497 e. The Morgan fingerprint density at radius 3 is 2.53 bits per heavy atom. The second-order valence-electron chi connectivity index (χ2n) is 8.15. The molecular formula is C26H26N6O5S. The van der Waals surface area contributed by atoms with Crippen molar-refractivity contribution in [2.45, 2.75) is 6.04 Å². The molecule has 0 aliphatic carbocycles. The number of benzene rings is 2. The Labute approximate surface area is 222 Å². The number of fused-ring (bicyclic) bond motifs is 1. The highest BCUT2D eigenvalue weighted by molar-refractivity contribution is 7.09. The molecule has 0 aliphatic heterocycles. The summed E-state index contributed by atoms with van der Waals surface area (Å²) >= 11 is 0.738. The number of anilines is 2. The Morgan fingerprint density at radius 1 is 1.11 bits per heavy atom. The van der Waals surface area contributed by atoms with Gasteiger partial charge in [0.2, 0.25) is 5.91 Å². The summed E-state index contributed by atoms with van der Waals surface area (Å²) in [5.41, 5.74) is 12.8. The fourth-order valence-corrected chi connectivity index (χ4v) is 4.66. The summed E-state index contributed by atoms with van der Waals surface area (Å²) in [6.07, 6.45) is 1.67. The second-order valence-corrected chi connectivity index (χ2v) is 8.93. The van der Waals surface area contributed by atoms with Crippen LogP contribution in [0.5, 0.6) is 5.75 Å². The maximum Gasteiger partial charge on any atom is 0.273 e. The molecule has 0 bridgehead atoms. The Hall–Kier alpha value is -4.55. The van der Waals surface area contributed by atoms with E-state index in [4.69, 9.17) is 20.9 Å². The summed E-state index contributed by atoms with van der Waals surface area (Å²) in [4.78, 5) is 45.2. The molecule has 12 heteroatoms. The lowest BCUT2D eigenvalue weighted by atomic mass is 10.00.